The number of anilines is 1. The van der Waals surface area contributed by atoms with Crippen LogP contribution < -0.4 is 10.3 Å². The van der Waals surface area contributed by atoms with Crippen LogP contribution in [0.3, 0.4) is 0 Å². The molecule has 0 amide bonds. The van der Waals surface area contributed by atoms with E-state index in [0.29, 0.717) is 38.4 Å². The lowest BCUT2D eigenvalue weighted by Crippen LogP contribution is -2.20. The van der Waals surface area contributed by atoms with Gasteiger partial charge >= 0.3 is 5.97 Å². The fraction of sp³-hybridized carbons (Fsp3) is 0.333. The summed E-state index contributed by atoms with van der Waals surface area (Å²) in [6.07, 6.45) is 3.48. The van der Waals surface area contributed by atoms with Gasteiger partial charge in [0.05, 0.1) is 21.7 Å². The Balaban J connectivity index is 2.17. The lowest BCUT2D eigenvalue weighted by atomic mass is 9.80. The Morgan fingerprint density at radius 2 is 1.93 bits per heavy atom. The quantitative estimate of drug-likeness (QED) is 0.684. The molecule has 6 heteroatoms. The minimum absolute atomic E-state index is 0.0958. The van der Waals surface area contributed by atoms with Crippen molar-refractivity contribution in [2.24, 2.45) is 0 Å². The number of pyridine rings is 1. The van der Waals surface area contributed by atoms with Gasteiger partial charge in [0.25, 0.3) is 0 Å². The summed E-state index contributed by atoms with van der Waals surface area (Å²) >= 11 is 6.42. The summed E-state index contributed by atoms with van der Waals surface area (Å²) < 4.78 is 1.72. The minimum Gasteiger partial charge on any atom is -0.480 e. The Morgan fingerprint density at radius 1 is 1.22 bits per heavy atom. The van der Waals surface area contributed by atoms with E-state index in [1.165, 1.54) is 12.0 Å². The third-order valence-corrected chi connectivity index (χ3v) is 5.80. The molecule has 3 aromatic rings. The van der Waals surface area contributed by atoms with Crippen LogP contribution >= 0.6 is 11.6 Å². The zero-order valence-electron chi connectivity index (χ0n) is 15.3. The third kappa shape index (κ3) is 2.86. The Kier molecular flexibility index (Phi) is 4.35. The lowest BCUT2D eigenvalue weighted by molar-refractivity contribution is -0.137. The SMILES string of the molecule is CN(C)c1c(Cl)ccc2c(=O)c3ccc(C4CCC4)cc3n(CC(=O)O)c12. The van der Waals surface area contributed by atoms with Gasteiger partial charge in [-0.3, -0.25) is 9.59 Å². The average molecular weight is 385 g/mol. The van der Waals surface area contributed by atoms with E-state index in [1.54, 1.807) is 16.7 Å². The van der Waals surface area contributed by atoms with E-state index in [9.17, 15) is 14.7 Å². The molecule has 0 unspecified atom stereocenters. The standard InChI is InChI=1S/C21H21ClN2O3/c1-23(2)20-16(22)9-8-15-19(20)24(11-18(25)26)17-10-13(12-4-3-5-12)6-7-14(17)21(15)27/h6-10,12H,3-5,11H2,1-2H3,(H,25,26). The molecule has 1 N–H and O–H groups in total. The molecule has 0 bridgehead atoms. The van der Waals surface area contributed by atoms with Gasteiger partial charge in [-0.1, -0.05) is 24.1 Å². The molecule has 1 saturated carbocycles. The van der Waals surface area contributed by atoms with Crippen molar-refractivity contribution >= 4 is 45.1 Å². The number of aromatic nitrogens is 1. The van der Waals surface area contributed by atoms with Crippen LogP contribution in [0.1, 0.15) is 30.7 Å². The molecule has 2 aromatic carbocycles. The number of rotatable bonds is 4. The van der Waals surface area contributed by atoms with Gasteiger partial charge in [-0.2, -0.15) is 0 Å². The van der Waals surface area contributed by atoms with Crippen LogP contribution in [-0.4, -0.2) is 29.7 Å². The molecule has 1 fully saturated rings. The molecule has 1 aliphatic carbocycles. The Labute approximate surface area is 161 Å². The van der Waals surface area contributed by atoms with Crippen molar-refractivity contribution in [3.8, 4) is 0 Å². The van der Waals surface area contributed by atoms with Crippen LogP contribution in [-0.2, 0) is 11.3 Å². The fourth-order valence-corrected chi connectivity index (χ4v) is 4.28. The highest BCUT2D eigenvalue weighted by atomic mass is 35.5. The number of benzene rings is 2. The van der Waals surface area contributed by atoms with E-state index in [4.69, 9.17) is 11.6 Å². The van der Waals surface area contributed by atoms with Gasteiger partial charge in [0.2, 0.25) is 0 Å². The second kappa shape index (κ2) is 6.57. The number of hydrogen-bond donors (Lipinski definition) is 1. The van der Waals surface area contributed by atoms with Gasteiger partial charge in [0.15, 0.2) is 5.43 Å². The first-order valence-electron chi connectivity index (χ1n) is 9.06. The van der Waals surface area contributed by atoms with Gasteiger partial charge in [-0.25, -0.2) is 0 Å². The first-order valence-corrected chi connectivity index (χ1v) is 9.44. The molecule has 5 nitrogen and oxygen atoms in total. The summed E-state index contributed by atoms with van der Waals surface area (Å²) in [5, 5.41) is 11.1. The maximum absolute atomic E-state index is 13.2. The summed E-state index contributed by atoms with van der Waals surface area (Å²) in [5.41, 5.74) is 2.95. The fourth-order valence-electron chi connectivity index (χ4n) is 3.96. The number of carboxylic acids is 1. The van der Waals surface area contributed by atoms with Gasteiger partial charge in [-0.05, 0) is 48.6 Å². The van der Waals surface area contributed by atoms with E-state index >= 15 is 0 Å². The van der Waals surface area contributed by atoms with Crippen LogP contribution in [0.2, 0.25) is 5.02 Å². The van der Waals surface area contributed by atoms with Gasteiger partial charge in [-0.15, -0.1) is 0 Å². The van der Waals surface area contributed by atoms with Crippen molar-refractivity contribution in [1.29, 1.82) is 0 Å². The van der Waals surface area contributed by atoms with Gasteiger partial charge in [0, 0.05) is 24.9 Å². The lowest BCUT2D eigenvalue weighted by Gasteiger charge is -2.27. The summed E-state index contributed by atoms with van der Waals surface area (Å²) in [4.78, 5) is 26.6. The number of carboxylic acid groups (broad SMARTS) is 1. The van der Waals surface area contributed by atoms with Crippen molar-refractivity contribution in [2.75, 3.05) is 19.0 Å². The molecule has 4 rings (SSSR count). The minimum atomic E-state index is -0.958. The predicted molar refractivity (Wildman–Crippen MR) is 109 cm³/mol. The number of fused-ring (bicyclic) bond motifs is 2. The van der Waals surface area contributed by atoms with Crippen molar-refractivity contribution < 1.29 is 9.90 Å². The predicted octanol–water partition coefficient (Wildman–Crippen LogP) is 4.23. The molecule has 0 aliphatic heterocycles. The summed E-state index contributed by atoms with van der Waals surface area (Å²) in [6, 6.07) is 9.22. The summed E-state index contributed by atoms with van der Waals surface area (Å²) in [6.45, 7) is -0.234. The van der Waals surface area contributed by atoms with E-state index in [-0.39, 0.29) is 12.0 Å². The molecule has 1 heterocycles. The highest BCUT2D eigenvalue weighted by Gasteiger charge is 2.23. The highest BCUT2D eigenvalue weighted by Crippen LogP contribution is 2.38. The number of halogens is 1. The molecule has 0 atom stereocenters. The molecule has 1 aromatic heterocycles. The van der Waals surface area contributed by atoms with E-state index < -0.39 is 5.97 Å². The number of carbonyl (C=O) groups is 1. The average Bonchev–Trinajstić information content (AvgIpc) is 2.56. The second-order valence-corrected chi connectivity index (χ2v) is 7.81. The largest absolute Gasteiger partial charge is 0.480 e. The van der Waals surface area contributed by atoms with Gasteiger partial charge < -0.3 is 14.6 Å². The monoisotopic (exact) mass is 384 g/mol. The van der Waals surface area contributed by atoms with Crippen molar-refractivity contribution in [1.82, 2.24) is 4.57 Å². The molecule has 140 valence electrons. The van der Waals surface area contributed by atoms with Crippen molar-refractivity contribution in [3.63, 3.8) is 0 Å². The molecular weight excluding hydrogens is 364 g/mol. The third-order valence-electron chi connectivity index (χ3n) is 5.49. The van der Waals surface area contributed by atoms with Crippen LogP contribution in [0.5, 0.6) is 0 Å². The number of hydrogen-bond acceptors (Lipinski definition) is 3. The van der Waals surface area contributed by atoms with Gasteiger partial charge in [0.1, 0.15) is 6.54 Å². The molecule has 0 saturated heterocycles. The second-order valence-electron chi connectivity index (χ2n) is 7.40. The molecule has 27 heavy (non-hydrogen) atoms. The highest BCUT2D eigenvalue weighted by molar-refractivity contribution is 6.35. The number of aliphatic carboxylic acids is 1. The molecule has 0 radical (unpaired) electrons. The molecular formula is C21H21ClN2O3. The Hall–Kier alpha value is -2.53. The molecule has 1 aliphatic rings. The Morgan fingerprint density at radius 3 is 2.52 bits per heavy atom. The summed E-state index contributed by atoms with van der Waals surface area (Å²) in [7, 11) is 3.68. The first-order chi connectivity index (χ1) is 12.9. The van der Waals surface area contributed by atoms with Crippen LogP contribution in [0, 0.1) is 0 Å². The van der Waals surface area contributed by atoms with E-state index in [2.05, 4.69) is 0 Å². The normalized spacial score (nSPS) is 14.5. The van der Waals surface area contributed by atoms with E-state index in [1.807, 2.05) is 37.2 Å². The first kappa shape index (κ1) is 17.9. The topological polar surface area (TPSA) is 62.5 Å². The van der Waals surface area contributed by atoms with Crippen LogP contribution in [0.15, 0.2) is 35.1 Å². The van der Waals surface area contributed by atoms with Crippen LogP contribution in [0.4, 0.5) is 5.69 Å². The zero-order chi connectivity index (χ0) is 19.3. The summed E-state index contributed by atoms with van der Waals surface area (Å²) in [5.74, 6) is -0.467. The number of nitrogens with zero attached hydrogens (tertiary/aromatic N) is 2. The zero-order valence-corrected chi connectivity index (χ0v) is 16.1. The smallest absolute Gasteiger partial charge is 0.323 e. The molecule has 0 spiro atoms. The Bertz CT molecular complexity index is 1130. The maximum atomic E-state index is 13.2. The van der Waals surface area contributed by atoms with Crippen molar-refractivity contribution in [3.05, 3.63) is 51.1 Å². The van der Waals surface area contributed by atoms with Crippen molar-refractivity contribution in [2.45, 2.75) is 31.7 Å². The maximum Gasteiger partial charge on any atom is 0.323 e. The van der Waals surface area contributed by atoms with E-state index in [0.717, 1.165) is 12.8 Å². The van der Waals surface area contributed by atoms with Crippen LogP contribution in [0.25, 0.3) is 21.8 Å².